The summed E-state index contributed by atoms with van der Waals surface area (Å²) in [5.74, 6) is 0.798. The summed E-state index contributed by atoms with van der Waals surface area (Å²) in [7, 11) is 0. The molecular formula is C30H26FN3O. The summed E-state index contributed by atoms with van der Waals surface area (Å²) in [4.78, 5) is 9.20. The van der Waals surface area contributed by atoms with Gasteiger partial charge in [0.1, 0.15) is 11.6 Å². The monoisotopic (exact) mass is 463 g/mol. The number of rotatable bonds is 6. The molecule has 0 saturated heterocycles. The second kappa shape index (κ2) is 9.08. The number of fused-ring (bicyclic) bond motifs is 2. The van der Waals surface area contributed by atoms with E-state index in [0.29, 0.717) is 13.2 Å². The lowest BCUT2D eigenvalue weighted by atomic mass is 10.0. The van der Waals surface area contributed by atoms with E-state index in [1.807, 2.05) is 12.1 Å². The van der Waals surface area contributed by atoms with Crippen molar-refractivity contribution in [3.8, 4) is 22.5 Å². The molecule has 6 rings (SSSR count). The zero-order valence-corrected chi connectivity index (χ0v) is 19.6. The molecule has 35 heavy (non-hydrogen) atoms. The van der Waals surface area contributed by atoms with Gasteiger partial charge in [0.05, 0.1) is 30.6 Å². The van der Waals surface area contributed by atoms with Crippen LogP contribution in [0.4, 0.5) is 4.39 Å². The molecule has 174 valence electrons. The van der Waals surface area contributed by atoms with Gasteiger partial charge < -0.3 is 9.30 Å². The topological polar surface area (TPSA) is 39.9 Å². The minimum atomic E-state index is -0.249. The first-order chi connectivity index (χ1) is 17.2. The van der Waals surface area contributed by atoms with Crippen molar-refractivity contribution in [1.82, 2.24) is 14.5 Å². The molecular weight excluding hydrogens is 437 g/mol. The van der Waals surface area contributed by atoms with Crippen molar-refractivity contribution < 1.29 is 9.13 Å². The number of nitrogens with zero attached hydrogens (tertiary/aromatic N) is 3. The maximum atomic E-state index is 13.6. The van der Waals surface area contributed by atoms with Crippen LogP contribution in [0.1, 0.15) is 29.4 Å². The fraction of sp³-hybridized carbons (Fsp3) is 0.200. The van der Waals surface area contributed by atoms with Crippen molar-refractivity contribution in [2.24, 2.45) is 0 Å². The van der Waals surface area contributed by atoms with E-state index in [-0.39, 0.29) is 11.9 Å². The van der Waals surface area contributed by atoms with Gasteiger partial charge in [0.15, 0.2) is 0 Å². The molecule has 3 aromatic carbocycles. The minimum Gasteiger partial charge on any atom is -0.375 e. The average molecular weight is 464 g/mol. The van der Waals surface area contributed by atoms with Crippen LogP contribution in [0.15, 0.2) is 85.2 Å². The molecule has 5 heteroatoms. The summed E-state index contributed by atoms with van der Waals surface area (Å²) in [6.45, 7) is 3.32. The highest BCUT2D eigenvalue weighted by molar-refractivity contribution is 5.86. The van der Waals surface area contributed by atoms with E-state index in [2.05, 4.69) is 52.9 Å². The Balaban J connectivity index is 1.32. The summed E-state index contributed by atoms with van der Waals surface area (Å²) in [6, 6.07) is 23.6. The average Bonchev–Trinajstić information content (AvgIpc) is 3.46. The Kier molecular flexibility index (Phi) is 5.63. The number of aryl methyl sites for hydroxylation is 2. The van der Waals surface area contributed by atoms with Gasteiger partial charge in [-0.2, -0.15) is 0 Å². The van der Waals surface area contributed by atoms with Crippen LogP contribution >= 0.6 is 0 Å². The highest BCUT2D eigenvalue weighted by Crippen LogP contribution is 2.39. The number of imidazole rings is 1. The predicted molar refractivity (Wildman–Crippen MR) is 137 cm³/mol. The maximum absolute atomic E-state index is 13.6. The number of hydrogen-bond donors (Lipinski definition) is 0. The summed E-state index contributed by atoms with van der Waals surface area (Å²) in [5, 5.41) is 2.48. The Morgan fingerprint density at radius 1 is 0.943 bits per heavy atom. The summed E-state index contributed by atoms with van der Waals surface area (Å²) >= 11 is 0. The zero-order chi connectivity index (χ0) is 23.8. The number of hydrogen-bond acceptors (Lipinski definition) is 3. The first-order valence-electron chi connectivity index (χ1n) is 12.0. The van der Waals surface area contributed by atoms with Gasteiger partial charge in [-0.15, -0.1) is 0 Å². The van der Waals surface area contributed by atoms with Crippen LogP contribution < -0.4 is 0 Å². The second-order valence-corrected chi connectivity index (χ2v) is 9.13. The van der Waals surface area contributed by atoms with E-state index in [9.17, 15) is 4.39 Å². The summed E-state index contributed by atoms with van der Waals surface area (Å²) < 4.78 is 22.3. The Morgan fingerprint density at radius 2 is 1.74 bits per heavy atom. The molecule has 1 aliphatic rings. The van der Waals surface area contributed by atoms with E-state index >= 15 is 0 Å². The zero-order valence-electron chi connectivity index (χ0n) is 19.6. The van der Waals surface area contributed by atoms with E-state index in [1.165, 1.54) is 34.0 Å². The standard InChI is InChI=1S/C30H26FN3O/c1-20-6-7-21-4-2-3-5-26(21)27(20)19-35-18-25-12-13-28-33-29(22-8-10-24(31)11-9-22)30(34(25)28)23-14-16-32-17-15-23/h2-11,14-17,25H,12-13,18-19H2,1H3/t25-/m0/s1. The second-order valence-electron chi connectivity index (χ2n) is 9.13. The quantitative estimate of drug-likeness (QED) is 0.274. The predicted octanol–water partition coefficient (Wildman–Crippen LogP) is 6.92. The fourth-order valence-electron chi connectivity index (χ4n) is 5.16. The molecule has 2 aromatic heterocycles. The summed E-state index contributed by atoms with van der Waals surface area (Å²) in [6.07, 6.45) is 5.47. The molecule has 0 saturated carbocycles. The normalized spacial score (nSPS) is 15.0. The molecule has 3 heterocycles. The molecule has 0 amide bonds. The van der Waals surface area contributed by atoms with Crippen LogP contribution in [-0.2, 0) is 17.8 Å². The number of ether oxygens (including phenoxy) is 1. The van der Waals surface area contributed by atoms with Crippen molar-refractivity contribution in [3.05, 3.63) is 108 Å². The molecule has 0 bridgehead atoms. The molecule has 1 atom stereocenters. The third kappa shape index (κ3) is 4.02. The maximum Gasteiger partial charge on any atom is 0.123 e. The van der Waals surface area contributed by atoms with Crippen LogP contribution in [0, 0.1) is 12.7 Å². The third-order valence-corrected chi connectivity index (χ3v) is 6.95. The van der Waals surface area contributed by atoms with Gasteiger partial charge in [0.25, 0.3) is 0 Å². The molecule has 0 aliphatic carbocycles. The number of pyridine rings is 1. The van der Waals surface area contributed by atoms with Crippen molar-refractivity contribution in [2.75, 3.05) is 6.61 Å². The van der Waals surface area contributed by atoms with Crippen LogP contribution in [0.2, 0.25) is 0 Å². The van der Waals surface area contributed by atoms with Gasteiger partial charge in [0, 0.05) is 29.9 Å². The lowest BCUT2D eigenvalue weighted by Crippen LogP contribution is -2.13. The van der Waals surface area contributed by atoms with Crippen molar-refractivity contribution in [2.45, 2.75) is 32.4 Å². The van der Waals surface area contributed by atoms with Crippen LogP contribution in [0.3, 0.4) is 0 Å². The van der Waals surface area contributed by atoms with E-state index in [0.717, 1.165) is 41.2 Å². The number of benzene rings is 3. The van der Waals surface area contributed by atoms with Crippen molar-refractivity contribution in [1.29, 1.82) is 0 Å². The molecule has 5 aromatic rings. The molecule has 4 nitrogen and oxygen atoms in total. The van der Waals surface area contributed by atoms with Gasteiger partial charge in [-0.3, -0.25) is 4.98 Å². The van der Waals surface area contributed by atoms with Gasteiger partial charge in [-0.05, 0) is 71.6 Å². The fourth-order valence-corrected chi connectivity index (χ4v) is 5.16. The highest BCUT2D eigenvalue weighted by atomic mass is 19.1. The van der Waals surface area contributed by atoms with Crippen LogP contribution in [0.25, 0.3) is 33.3 Å². The lowest BCUT2D eigenvalue weighted by molar-refractivity contribution is 0.0929. The lowest BCUT2D eigenvalue weighted by Gasteiger charge is -2.19. The molecule has 1 aliphatic heterocycles. The first-order valence-corrected chi connectivity index (χ1v) is 12.0. The Hall–Kier alpha value is -3.83. The molecule has 0 fully saturated rings. The highest BCUT2D eigenvalue weighted by Gasteiger charge is 2.30. The van der Waals surface area contributed by atoms with Crippen molar-refractivity contribution >= 4 is 10.8 Å². The van der Waals surface area contributed by atoms with E-state index in [1.54, 1.807) is 24.5 Å². The minimum absolute atomic E-state index is 0.185. The summed E-state index contributed by atoms with van der Waals surface area (Å²) in [5.41, 5.74) is 6.37. The third-order valence-electron chi connectivity index (χ3n) is 6.95. The van der Waals surface area contributed by atoms with Gasteiger partial charge in [0.2, 0.25) is 0 Å². The van der Waals surface area contributed by atoms with Crippen LogP contribution in [0.5, 0.6) is 0 Å². The smallest absolute Gasteiger partial charge is 0.123 e. The molecule has 0 spiro atoms. The van der Waals surface area contributed by atoms with Crippen molar-refractivity contribution in [3.63, 3.8) is 0 Å². The molecule has 0 radical (unpaired) electrons. The van der Waals surface area contributed by atoms with Crippen LogP contribution in [-0.4, -0.2) is 21.1 Å². The Morgan fingerprint density at radius 3 is 2.57 bits per heavy atom. The number of aromatic nitrogens is 3. The van der Waals surface area contributed by atoms with Gasteiger partial charge in [-0.25, -0.2) is 9.37 Å². The van der Waals surface area contributed by atoms with Gasteiger partial charge >= 0.3 is 0 Å². The first kappa shape index (κ1) is 21.7. The molecule has 0 unspecified atom stereocenters. The molecule has 0 N–H and O–H groups in total. The van der Waals surface area contributed by atoms with Gasteiger partial charge in [-0.1, -0.05) is 36.4 Å². The number of halogens is 1. The SMILES string of the molecule is Cc1ccc2ccccc2c1COC[C@@H]1CCc2nc(-c3ccc(F)cc3)c(-c3ccncc3)n21. The van der Waals surface area contributed by atoms with E-state index < -0.39 is 0 Å². The van der Waals surface area contributed by atoms with E-state index in [4.69, 9.17) is 9.72 Å². The largest absolute Gasteiger partial charge is 0.375 e. The Bertz CT molecular complexity index is 1490. The Labute approximate surface area is 204 Å².